The first-order chi connectivity index (χ1) is 5.66. The minimum absolute atomic E-state index is 0.167. The maximum atomic E-state index is 8.06. The fourth-order valence-corrected chi connectivity index (χ4v) is 0.614. The van der Waals surface area contributed by atoms with Crippen molar-refractivity contribution in [3.05, 3.63) is 35.9 Å². The number of nitrogens with two attached hydrogens (primary N) is 1. The Balaban J connectivity index is 0.000000261. The number of aliphatic hydroxyl groups excluding tert-OH is 1. The Bertz CT molecular complexity index is 182. The van der Waals surface area contributed by atoms with Crippen LogP contribution in [0.1, 0.15) is 19.4 Å². The van der Waals surface area contributed by atoms with Gasteiger partial charge in [-0.15, -0.1) is 0 Å². The molecule has 0 radical (unpaired) electrons. The molecule has 0 saturated carbocycles. The van der Waals surface area contributed by atoms with E-state index in [2.05, 4.69) is 0 Å². The summed E-state index contributed by atoms with van der Waals surface area (Å²) in [6.07, 6.45) is -0.167. The number of hydrogen-bond donors (Lipinski definition) is 2. The Morgan fingerprint density at radius 3 is 1.92 bits per heavy atom. The maximum absolute atomic E-state index is 8.06. The van der Waals surface area contributed by atoms with Crippen LogP contribution in [-0.2, 0) is 6.54 Å². The summed E-state index contributed by atoms with van der Waals surface area (Å²) in [4.78, 5) is 0. The summed E-state index contributed by atoms with van der Waals surface area (Å²) in [5.41, 5.74) is 6.54. The highest BCUT2D eigenvalue weighted by Crippen LogP contribution is 1.94. The quantitative estimate of drug-likeness (QED) is 0.666. The summed E-state index contributed by atoms with van der Waals surface area (Å²) < 4.78 is 0. The third kappa shape index (κ3) is 7.25. The van der Waals surface area contributed by atoms with E-state index in [-0.39, 0.29) is 6.10 Å². The molecule has 0 spiro atoms. The summed E-state index contributed by atoms with van der Waals surface area (Å²) >= 11 is 0. The van der Waals surface area contributed by atoms with Gasteiger partial charge in [0.2, 0.25) is 0 Å². The summed E-state index contributed by atoms with van der Waals surface area (Å²) in [6, 6.07) is 9.99. The van der Waals surface area contributed by atoms with Crippen LogP contribution in [-0.4, -0.2) is 11.2 Å². The predicted molar refractivity (Wildman–Crippen MR) is 51.7 cm³/mol. The van der Waals surface area contributed by atoms with Crippen molar-refractivity contribution in [2.75, 3.05) is 0 Å². The number of aliphatic hydroxyl groups is 1. The van der Waals surface area contributed by atoms with Crippen molar-refractivity contribution in [3.8, 4) is 0 Å². The number of hydrogen-bond acceptors (Lipinski definition) is 2. The molecule has 0 amide bonds. The van der Waals surface area contributed by atoms with Gasteiger partial charge >= 0.3 is 0 Å². The molecule has 0 saturated heterocycles. The van der Waals surface area contributed by atoms with Crippen molar-refractivity contribution in [1.29, 1.82) is 0 Å². The second-order valence-corrected chi connectivity index (χ2v) is 2.78. The van der Waals surface area contributed by atoms with Crippen LogP contribution in [0.15, 0.2) is 30.3 Å². The van der Waals surface area contributed by atoms with Crippen LogP contribution in [0.4, 0.5) is 0 Å². The van der Waals surface area contributed by atoms with Gasteiger partial charge in [0, 0.05) is 12.6 Å². The Kier molecular flexibility index (Phi) is 6.34. The Labute approximate surface area is 74.0 Å². The minimum Gasteiger partial charge on any atom is -0.394 e. The molecule has 1 rings (SSSR count). The van der Waals surface area contributed by atoms with Gasteiger partial charge in [0.25, 0.3) is 0 Å². The molecule has 3 N–H and O–H groups in total. The molecule has 1 aromatic rings. The molecule has 12 heavy (non-hydrogen) atoms. The SMILES string of the molecule is CC(C)O.NCc1ccccc1. The van der Waals surface area contributed by atoms with Gasteiger partial charge in [-0.25, -0.2) is 0 Å². The van der Waals surface area contributed by atoms with Crippen molar-refractivity contribution in [1.82, 2.24) is 0 Å². The predicted octanol–water partition coefficient (Wildman–Crippen LogP) is 1.53. The third-order valence-corrected chi connectivity index (χ3v) is 1.08. The molecule has 0 unspecified atom stereocenters. The van der Waals surface area contributed by atoms with Gasteiger partial charge < -0.3 is 10.8 Å². The van der Waals surface area contributed by atoms with Crippen LogP contribution >= 0.6 is 0 Å². The molecule has 68 valence electrons. The zero-order valence-electron chi connectivity index (χ0n) is 7.70. The van der Waals surface area contributed by atoms with Crippen molar-refractivity contribution >= 4 is 0 Å². The molecule has 1 aromatic carbocycles. The van der Waals surface area contributed by atoms with E-state index in [1.54, 1.807) is 13.8 Å². The summed E-state index contributed by atoms with van der Waals surface area (Å²) in [5.74, 6) is 0. The van der Waals surface area contributed by atoms with E-state index in [4.69, 9.17) is 10.8 Å². The molecule has 2 heteroatoms. The highest BCUT2D eigenvalue weighted by molar-refractivity contribution is 5.13. The van der Waals surface area contributed by atoms with Crippen LogP contribution < -0.4 is 5.73 Å². The van der Waals surface area contributed by atoms with Crippen LogP contribution in [0.3, 0.4) is 0 Å². The molecule has 0 aliphatic heterocycles. The van der Waals surface area contributed by atoms with E-state index in [1.165, 1.54) is 5.56 Å². The lowest BCUT2D eigenvalue weighted by atomic mass is 10.2. The summed E-state index contributed by atoms with van der Waals surface area (Å²) in [5, 5.41) is 8.06. The van der Waals surface area contributed by atoms with Crippen LogP contribution in [0.5, 0.6) is 0 Å². The Hall–Kier alpha value is -0.860. The van der Waals surface area contributed by atoms with Crippen LogP contribution in [0.25, 0.3) is 0 Å². The van der Waals surface area contributed by atoms with Crippen molar-refractivity contribution in [3.63, 3.8) is 0 Å². The van der Waals surface area contributed by atoms with Gasteiger partial charge in [-0.1, -0.05) is 30.3 Å². The molecule has 0 heterocycles. The van der Waals surface area contributed by atoms with Gasteiger partial charge in [0.05, 0.1) is 0 Å². The second-order valence-electron chi connectivity index (χ2n) is 2.78. The smallest absolute Gasteiger partial charge is 0.0483 e. The maximum Gasteiger partial charge on any atom is 0.0483 e. The Morgan fingerprint density at radius 1 is 1.25 bits per heavy atom. The van der Waals surface area contributed by atoms with E-state index in [9.17, 15) is 0 Å². The standard InChI is InChI=1S/C7H9N.C3H8O/c8-6-7-4-2-1-3-5-7;1-3(2)4/h1-5H,6,8H2;3-4H,1-2H3. The van der Waals surface area contributed by atoms with Crippen molar-refractivity contribution in [2.24, 2.45) is 5.73 Å². The lowest BCUT2D eigenvalue weighted by molar-refractivity contribution is 0.216. The molecule has 0 aromatic heterocycles. The zero-order chi connectivity index (χ0) is 9.40. The number of benzene rings is 1. The zero-order valence-corrected chi connectivity index (χ0v) is 7.70. The van der Waals surface area contributed by atoms with E-state index >= 15 is 0 Å². The monoisotopic (exact) mass is 167 g/mol. The molecular weight excluding hydrogens is 150 g/mol. The van der Waals surface area contributed by atoms with Crippen LogP contribution in [0.2, 0.25) is 0 Å². The molecule has 0 aliphatic carbocycles. The van der Waals surface area contributed by atoms with Gasteiger partial charge in [0.15, 0.2) is 0 Å². The first kappa shape index (κ1) is 11.1. The second kappa shape index (κ2) is 6.83. The average molecular weight is 167 g/mol. The fraction of sp³-hybridized carbons (Fsp3) is 0.400. The highest BCUT2D eigenvalue weighted by Gasteiger charge is 1.80. The summed E-state index contributed by atoms with van der Waals surface area (Å²) in [7, 11) is 0. The molecule has 0 fully saturated rings. The molecule has 0 atom stereocenters. The first-order valence-electron chi connectivity index (χ1n) is 4.09. The van der Waals surface area contributed by atoms with Gasteiger partial charge in [-0.2, -0.15) is 0 Å². The van der Waals surface area contributed by atoms with Gasteiger partial charge in [0.1, 0.15) is 0 Å². The van der Waals surface area contributed by atoms with Gasteiger partial charge in [-0.05, 0) is 19.4 Å². The van der Waals surface area contributed by atoms with E-state index in [0.29, 0.717) is 6.54 Å². The molecule has 0 bridgehead atoms. The molecular formula is C10H17NO. The largest absolute Gasteiger partial charge is 0.394 e. The van der Waals surface area contributed by atoms with Crippen molar-refractivity contribution < 1.29 is 5.11 Å². The minimum atomic E-state index is -0.167. The van der Waals surface area contributed by atoms with E-state index < -0.39 is 0 Å². The molecule has 0 aliphatic rings. The fourth-order valence-electron chi connectivity index (χ4n) is 0.614. The van der Waals surface area contributed by atoms with Crippen LogP contribution in [0, 0.1) is 0 Å². The van der Waals surface area contributed by atoms with Gasteiger partial charge in [-0.3, -0.25) is 0 Å². The van der Waals surface area contributed by atoms with Crippen molar-refractivity contribution in [2.45, 2.75) is 26.5 Å². The number of rotatable bonds is 1. The Morgan fingerprint density at radius 2 is 1.67 bits per heavy atom. The summed E-state index contributed by atoms with van der Waals surface area (Å²) in [6.45, 7) is 4.08. The van der Waals surface area contributed by atoms with E-state index in [1.807, 2.05) is 30.3 Å². The first-order valence-corrected chi connectivity index (χ1v) is 4.09. The molecule has 2 nitrogen and oxygen atoms in total. The highest BCUT2D eigenvalue weighted by atomic mass is 16.3. The topological polar surface area (TPSA) is 46.2 Å². The lowest BCUT2D eigenvalue weighted by Gasteiger charge is -1.90. The lowest BCUT2D eigenvalue weighted by Crippen LogP contribution is -1.94. The van der Waals surface area contributed by atoms with E-state index in [0.717, 1.165) is 0 Å². The third-order valence-electron chi connectivity index (χ3n) is 1.08. The average Bonchev–Trinajstić information content (AvgIpc) is 2.05. The normalized spacial score (nSPS) is 9.08.